The number of hydrogen-bond acceptors (Lipinski definition) is 2. The maximum absolute atomic E-state index is 11.4. The van der Waals surface area contributed by atoms with Crippen LogP contribution >= 0.6 is 31.9 Å². The second-order valence-electron chi connectivity index (χ2n) is 3.44. The summed E-state index contributed by atoms with van der Waals surface area (Å²) in [6, 6.07) is 0. The summed E-state index contributed by atoms with van der Waals surface area (Å²) < 4.78 is 5.51. The van der Waals surface area contributed by atoms with E-state index in [1.54, 1.807) is 0 Å². The maximum atomic E-state index is 11.4. The number of halogens is 2. The van der Waals surface area contributed by atoms with Crippen molar-refractivity contribution in [3.63, 3.8) is 0 Å². The van der Waals surface area contributed by atoms with Crippen LogP contribution in [-0.4, -0.2) is 17.4 Å². The van der Waals surface area contributed by atoms with Crippen molar-refractivity contribution in [2.24, 2.45) is 5.41 Å². The lowest BCUT2D eigenvalue weighted by atomic mass is 10.1. The average molecular weight is 312 g/mol. The highest BCUT2D eigenvalue weighted by molar-refractivity contribution is 9.14. The Hall–Kier alpha value is 0.170. The van der Waals surface area contributed by atoms with E-state index in [4.69, 9.17) is 4.74 Å². The molecule has 1 aliphatic carbocycles. The summed E-state index contributed by atoms with van der Waals surface area (Å²) in [7, 11) is 1.42. The molecule has 2 atom stereocenters. The fraction of sp³-hybridized carbons (Fsp3) is 0.667. The van der Waals surface area contributed by atoms with Crippen LogP contribution in [0.15, 0.2) is 10.6 Å². The van der Waals surface area contributed by atoms with Crippen LogP contribution in [0.2, 0.25) is 0 Å². The minimum absolute atomic E-state index is 0.164. The molecule has 1 fully saturated rings. The predicted molar refractivity (Wildman–Crippen MR) is 59.1 cm³/mol. The second-order valence-corrected chi connectivity index (χ2v) is 5.65. The van der Waals surface area contributed by atoms with Crippen LogP contribution in [0, 0.1) is 5.41 Å². The first kappa shape index (κ1) is 11.2. The van der Waals surface area contributed by atoms with Gasteiger partial charge in [0, 0.05) is 4.48 Å². The Morgan fingerprint density at radius 2 is 2.15 bits per heavy atom. The van der Waals surface area contributed by atoms with Crippen LogP contribution in [0.3, 0.4) is 0 Å². The van der Waals surface area contributed by atoms with E-state index in [2.05, 4.69) is 31.9 Å². The highest BCUT2D eigenvalue weighted by Crippen LogP contribution is 2.67. The summed E-state index contributed by atoms with van der Waals surface area (Å²) in [4.78, 5) is 11.4. The molecule has 0 N–H and O–H groups in total. The van der Waals surface area contributed by atoms with Crippen molar-refractivity contribution in [2.45, 2.75) is 24.6 Å². The molecule has 1 rings (SSSR count). The predicted octanol–water partition coefficient (Wildman–Crippen LogP) is 3.00. The van der Waals surface area contributed by atoms with Crippen LogP contribution in [0.1, 0.15) is 20.3 Å². The lowest BCUT2D eigenvalue weighted by Gasteiger charge is -2.14. The number of rotatable bonds is 2. The lowest BCUT2D eigenvalue weighted by Crippen LogP contribution is -2.22. The molecule has 0 aromatic heterocycles. The molecule has 0 bridgehead atoms. The van der Waals surface area contributed by atoms with Gasteiger partial charge in [-0.25, -0.2) is 0 Å². The van der Waals surface area contributed by atoms with Gasteiger partial charge in [0.2, 0.25) is 0 Å². The topological polar surface area (TPSA) is 26.3 Å². The largest absolute Gasteiger partial charge is 0.469 e. The first-order valence-corrected chi connectivity index (χ1v) is 5.60. The quantitative estimate of drug-likeness (QED) is 0.579. The molecule has 0 heterocycles. The first-order valence-electron chi connectivity index (χ1n) is 4.02. The van der Waals surface area contributed by atoms with E-state index in [1.165, 1.54) is 7.11 Å². The van der Waals surface area contributed by atoms with Crippen molar-refractivity contribution >= 4 is 37.8 Å². The SMILES string of the molecule is C/C=C(\Br)C1(Br)CC1(C)C(=O)OC. The van der Waals surface area contributed by atoms with Gasteiger partial charge < -0.3 is 4.74 Å². The molecule has 0 amide bonds. The van der Waals surface area contributed by atoms with Gasteiger partial charge in [0.05, 0.1) is 16.8 Å². The van der Waals surface area contributed by atoms with E-state index in [1.807, 2.05) is 19.9 Å². The Morgan fingerprint density at radius 1 is 1.62 bits per heavy atom. The van der Waals surface area contributed by atoms with Crippen LogP contribution in [0.4, 0.5) is 0 Å². The second kappa shape index (κ2) is 3.39. The molecule has 0 aromatic carbocycles. The number of carbonyl (C=O) groups excluding carboxylic acids is 1. The van der Waals surface area contributed by atoms with Crippen LogP contribution in [-0.2, 0) is 9.53 Å². The smallest absolute Gasteiger partial charge is 0.313 e. The monoisotopic (exact) mass is 310 g/mol. The van der Waals surface area contributed by atoms with E-state index in [-0.39, 0.29) is 10.3 Å². The van der Waals surface area contributed by atoms with Gasteiger partial charge >= 0.3 is 5.97 Å². The number of alkyl halides is 1. The lowest BCUT2D eigenvalue weighted by molar-refractivity contribution is -0.146. The summed E-state index contributed by atoms with van der Waals surface area (Å²) in [5, 5.41) is 0. The van der Waals surface area contributed by atoms with E-state index in [0.29, 0.717) is 0 Å². The van der Waals surface area contributed by atoms with Crippen molar-refractivity contribution in [1.29, 1.82) is 0 Å². The molecule has 0 saturated heterocycles. The van der Waals surface area contributed by atoms with Gasteiger partial charge in [0.25, 0.3) is 0 Å². The van der Waals surface area contributed by atoms with E-state index < -0.39 is 5.41 Å². The summed E-state index contributed by atoms with van der Waals surface area (Å²) in [5.41, 5.74) is -0.424. The van der Waals surface area contributed by atoms with Crippen LogP contribution in [0.5, 0.6) is 0 Å². The molecule has 74 valence electrons. The van der Waals surface area contributed by atoms with Crippen molar-refractivity contribution < 1.29 is 9.53 Å². The van der Waals surface area contributed by atoms with Crippen molar-refractivity contribution in [3.8, 4) is 0 Å². The van der Waals surface area contributed by atoms with Gasteiger partial charge in [-0.1, -0.05) is 37.9 Å². The number of ether oxygens (including phenoxy) is 1. The first-order chi connectivity index (χ1) is 5.92. The zero-order chi connectivity index (χ0) is 10.3. The highest BCUT2D eigenvalue weighted by Gasteiger charge is 2.70. The van der Waals surface area contributed by atoms with Crippen molar-refractivity contribution in [3.05, 3.63) is 10.6 Å². The Morgan fingerprint density at radius 3 is 2.54 bits per heavy atom. The zero-order valence-corrected chi connectivity index (χ0v) is 11.0. The molecule has 0 aromatic rings. The van der Waals surface area contributed by atoms with Gasteiger partial charge in [0.15, 0.2) is 0 Å². The third kappa shape index (κ3) is 1.48. The molecular weight excluding hydrogens is 300 g/mol. The summed E-state index contributed by atoms with van der Waals surface area (Å²) in [6.07, 6.45) is 2.72. The zero-order valence-electron chi connectivity index (χ0n) is 7.86. The Bertz CT molecular complexity index is 275. The molecule has 0 spiro atoms. The van der Waals surface area contributed by atoms with Crippen molar-refractivity contribution in [1.82, 2.24) is 0 Å². The normalized spacial score (nSPS) is 38.7. The highest BCUT2D eigenvalue weighted by atomic mass is 79.9. The van der Waals surface area contributed by atoms with Crippen LogP contribution < -0.4 is 0 Å². The third-order valence-corrected chi connectivity index (χ3v) is 5.86. The number of allylic oxidation sites excluding steroid dienone is 2. The molecule has 4 heteroatoms. The molecular formula is C9H12Br2O2. The minimum atomic E-state index is -0.424. The molecule has 1 saturated carbocycles. The average Bonchev–Trinajstić information content (AvgIpc) is 2.69. The Kier molecular flexibility index (Phi) is 2.93. The van der Waals surface area contributed by atoms with E-state index in [9.17, 15) is 4.79 Å². The molecule has 0 aliphatic heterocycles. The number of esters is 1. The number of carbonyl (C=O) groups is 1. The number of hydrogen-bond donors (Lipinski definition) is 0. The fourth-order valence-corrected chi connectivity index (χ4v) is 3.01. The van der Waals surface area contributed by atoms with Crippen molar-refractivity contribution in [2.75, 3.05) is 7.11 Å². The third-order valence-electron chi connectivity index (χ3n) is 2.61. The Labute approximate surface area is 95.0 Å². The van der Waals surface area contributed by atoms with Crippen LogP contribution in [0.25, 0.3) is 0 Å². The van der Waals surface area contributed by atoms with Gasteiger partial charge in [-0.3, -0.25) is 4.79 Å². The molecule has 13 heavy (non-hydrogen) atoms. The van der Waals surface area contributed by atoms with Gasteiger partial charge in [-0.05, 0) is 20.3 Å². The maximum Gasteiger partial charge on any atom is 0.313 e. The molecule has 2 nitrogen and oxygen atoms in total. The van der Waals surface area contributed by atoms with E-state index >= 15 is 0 Å². The summed E-state index contributed by atoms with van der Waals surface area (Å²) in [6.45, 7) is 3.83. The fourth-order valence-electron chi connectivity index (χ4n) is 1.48. The Balaban J connectivity index is 2.87. The van der Waals surface area contributed by atoms with Gasteiger partial charge in [-0.2, -0.15) is 0 Å². The molecule has 0 radical (unpaired) electrons. The van der Waals surface area contributed by atoms with E-state index in [0.717, 1.165) is 10.9 Å². The van der Waals surface area contributed by atoms with Gasteiger partial charge in [-0.15, -0.1) is 0 Å². The summed E-state index contributed by atoms with van der Waals surface area (Å²) >= 11 is 7.00. The molecule has 2 unspecified atom stereocenters. The standard InChI is InChI=1S/C9H12Br2O2/c1-4-6(10)9(11)5-8(9,2)7(12)13-3/h4H,5H2,1-3H3/b6-4-. The van der Waals surface area contributed by atoms with Gasteiger partial charge in [0.1, 0.15) is 0 Å². The molecule has 1 aliphatic rings. The number of methoxy groups -OCH3 is 1. The minimum Gasteiger partial charge on any atom is -0.469 e. The summed E-state index contributed by atoms with van der Waals surface area (Å²) in [5.74, 6) is -0.164.